The van der Waals surface area contributed by atoms with E-state index >= 15 is 0 Å². The summed E-state index contributed by atoms with van der Waals surface area (Å²) in [6.07, 6.45) is 20.8. The van der Waals surface area contributed by atoms with Crippen LogP contribution in [0.15, 0.2) is 35.2 Å². The molecule has 160 valence electrons. The second-order valence-corrected chi connectivity index (χ2v) is 9.67. The van der Waals surface area contributed by atoms with Crippen LogP contribution in [-0.2, 0) is 10.1 Å². The van der Waals surface area contributed by atoms with Crippen molar-refractivity contribution in [3.05, 3.63) is 35.9 Å². The molecule has 0 aliphatic rings. The molecule has 1 aromatic rings. The molecule has 1 N–H and O–H groups in total. The van der Waals surface area contributed by atoms with Crippen molar-refractivity contribution < 1.29 is 13.0 Å². The van der Waals surface area contributed by atoms with Gasteiger partial charge in [0, 0.05) is 0 Å². The van der Waals surface area contributed by atoms with Gasteiger partial charge in [-0.25, -0.2) is 0 Å². The predicted molar refractivity (Wildman–Crippen MR) is 120 cm³/mol. The number of benzene rings is 1. The summed E-state index contributed by atoms with van der Waals surface area (Å²) in [5.74, 6) is 0.850. The lowest BCUT2D eigenvalue weighted by molar-refractivity contribution is 0.483. The van der Waals surface area contributed by atoms with Gasteiger partial charge in [-0.05, 0) is 30.4 Å². The van der Waals surface area contributed by atoms with E-state index < -0.39 is 10.1 Å². The van der Waals surface area contributed by atoms with E-state index in [1.165, 1.54) is 76.7 Å². The van der Waals surface area contributed by atoms with Crippen molar-refractivity contribution in [2.24, 2.45) is 5.92 Å². The zero-order valence-electron chi connectivity index (χ0n) is 17.9. The summed E-state index contributed by atoms with van der Waals surface area (Å²) in [5.41, 5.74) is 0.550. The number of allylic oxidation sites excluding steroid dienone is 1. The van der Waals surface area contributed by atoms with Crippen molar-refractivity contribution in [3.63, 3.8) is 0 Å². The molecular formula is C24H40O3S. The average Bonchev–Trinajstić information content (AvgIpc) is 2.64. The summed E-state index contributed by atoms with van der Waals surface area (Å²) < 4.78 is 31.9. The van der Waals surface area contributed by atoms with Crippen molar-refractivity contribution in [1.82, 2.24) is 0 Å². The van der Waals surface area contributed by atoms with Crippen LogP contribution in [0, 0.1) is 5.92 Å². The number of unbranched alkanes of at least 4 members (excludes halogenated alkanes) is 11. The lowest BCUT2D eigenvalue weighted by Crippen LogP contribution is -2.00. The zero-order valence-corrected chi connectivity index (χ0v) is 18.7. The lowest BCUT2D eigenvalue weighted by atomic mass is 10.0. The van der Waals surface area contributed by atoms with E-state index in [0.717, 1.165) is 18.8 Å². The van der Waals surface area contributed by atoms with E-state index in [1.807, 2.05) is 6.08 Å². The highest BCUT2D eigenvalue weighted by atomic mass is 32.2. The maximum Gasteiger partial charge on any atom is 0.295 e. The first-order valence-electron chi connectivity index (χ1n) is 11.1. The predicted octanol–water partition coefficient (Wildman–Crippen LogP) is 7.67. The Morgan fingerprint density at radius 1 is 0.821 bits per heavy atom. The summed E-state index contributed by atoms with van der Waals surface area (Å²) in [7, 11) is -4.16. The van der Waals surface area contributed by atoms with Gasteiger partial charge in [0.1, 0.15) is 4.90 Å². The molecule has 0 unspecified atom stereocenters. The van der Waals surface area contributed by atoms with Crippen molar-refractivity contribution in [2.75, 3.05) is 0 Å². The normalized spacial score (nSPS) is 12.3. The second-order valence-electron chi connectivity index (χ2n) is 8.28. The zero-order chi connectivity index (χ0) is 20.7. The molecule has 0 amide bonds. The van der Waals surface area contributed by atoms with Gasteiger partial charge >= 0.3 is 0 Å². The van der Waals surface area contributed by atoms with Crippen LogP contribution in [0.4, 0.5) is 0 Å². The Hall–Kier alpha value is -1.13. The van der Waals surface area contributed by atoms with Gasteiger partial charge in [0.25, 0.3) is 10.1 Å². The molecule has 3 nitrogen and oxygen atoms in total. The van der Waals surface area contributed by atoms with Crippen LogP contribution in [0.2, 0.25) is 0 Å². The third-order valence-corrected chi connectivity index (χ3v) is 6.07. The minimum absolute atomic E-state index is 0.0221. The van der Waals surface area contributed by atoms with Gasteiger partial charge < -0.3 is 0 Å². The molecule has 28 heavy (non-hydrogen) atoms. The Labute approximate surface area is 173 Å². The summed E-state index contributed by atoms with van der Waals surface area (Å²) >= 11 is 0. The highest BCUT2D eigenvalue weighted by molar-refractivity contribution is 7.85. The third kappa shape index (κ3) is 12.4. The first-order chi connectivity index (χ1) is 13.4. The van der Waals surface area contributed by atoms with Crippen LogP contribution in [0.1, 0.15) is 103 Å². The second kappa shape index (κ2) is 14.8. The molecule has 0 aliphatic heterocycles. The van der Waals surface area contributed by atoms with Gasteiger partial charge in [0.15, 0.2) is 0 Å². The van der Waals surface area contributed by atoms with Crippen LogP contribution in [0.25, 0.3) is 6.08 Å². The molecule has 0 aliphatic carbocycles. The van der Waals surface area contributed by atoms with Gasteiger partial charge in [0.05, 0.1) is 0 Å². The Morgan fingerprint density at radius 2 is 1.32 bits per heavy atom. The molecule has 0 spiro atoms. The molecule has 0 atom stereocenters. The fourth-order valence-corrected chi connectivity index (χ4v) is 4.15. The Bertz CT molecular complexity index is 648. The van der Waals surface area contributed by atoms with Crippen molar-refractivity contribution in [3.8, 4) is 0 Å². The van der Waals surface area contributed by atoms with E-state index in [1.54, 1.807) is 24.3 Å². The molecule has 0 fully saturated rings. The average molecular weight is 409 g/mol. The quantitative estimate of drug-likeness (QED) is 0.225. The Kier molecular flexibility index (Phi) is 13.2. The topological polar surface area (TPSA) is 54.4 Å². The molecule has 0 saturated carbocycles. The Morgan fingerprint density at radius 3 is 1.86 bits per heavy atom. The van der Waals surface area contributed by atoms with Crippen molar-refractivity contribution in [2.45, 2.75) is 102 Å². The maximum absolute atomic E-state index is 11.3. The first kappa shape index (κ1) is 24.9. The van der Waals surface area contributed by atoms with Crippen LogP contribution in [0.5, 0.6) is 0 Å². The van der Waals surface area contributed by atoms with Gasteiger partial charge in [-0.15, -0.1) is 0 Å². The fourth-order valence-electron chi connectivity index (χ4n) is 3.47. The number of hydrogen-bond donors (Lipinski definition) is 1. The summed E-state index contributed by atoms with van der Waals surface area (Å²) in [4.78, 5) is -0.0221. The Balaban J connectivity index is 1.99. The SMILES string of the molecule is CC(C)CCCCCCCCCCCCCC=Cc1ccccc1S(=O)(=O)O. The molecule has 1 aromatic carbocycles. The molecule has 0 radical (unpaired) electrons. The summed E-state index contributed by atoms with van der Waals surface area (Å²) in [6.45, 7) is 4.61. The lowest BCUT2D eigenvalue weighted by Gasteiger charge is -2.04. The van der Waals surface area contributed by atoms with Gasteiger partial charge in [-0.1, -0.05) is 115 Å². The molecule has 1 rings (SSSR count). The van der Waals surface area contributed by atoms with Crippen LogP contribution >= 0.6 is 0 Å². The van der Waals surface area contributed by atoms with E-state index in [0.29, 0.717) is 5.56 Å². The van der Waals surface area contributed by atoms with Gasteiger partial charge in [-0.2, -0.15) is 8.42 Å². The van der Waals surface area contributed by atoms with Crippen molar-refractivity contribution >= 4 is 16.2 Å². The summed E-state index contributed by atoms with van der Waals surface area (Å²) in [5, 5.41) is 0. The number of hydrogen-bond acceptors (Lipinski definition) is 2. The molecule has 0 saturated heterocycles. The van der Waals surface area contributed by atoms with Gasteiger partial charge in [0.2, 0.25) is 0 Å². The van der Waals surface area contributed by atoms with Crippen LogP contribution < -0.4 is 0 Å². The van der Waals surface area contributed by atoms with Crippen LogP contribution in [-0.4, -0.2) is 13.0 Å². The fraction of sp³-hybridized carbons (Fsp3) is 0.667. The smallest absolute Gasteiger partial charge is 0.282 e. The first-order valence-corrected chi connectivity index (χ1v) is 12.6. The summed E-state index contributed by atoms with van der Waals surface area (Å²) in [6, 6.07) is 6.54. The standard InChI is InChI=1S/C24H40O3S/c1-22(2)18-14-12-10-8-6-4-3-5-7-9-11-13-15-19-23-20-16-17-21-24(23)28(25,26)27/h15-17,19-22H,3-14,18H2,1-2H3,(H,25,26,27). The molecule has 0 aromatic heterocycles. The van der Waals surface area contributed by atoms with E-state index in [-0.39, 0.29) is 4.90 Å². The minimum Gasteiger partial charge on any atom is -0.282 e. The van der Waals surface area contributed by atoms with E-state index in [2.05, 4.69) is 13.8 Å². The highest BCUT2D eigenvalue weighted by Crippen LogP contribution is 2.18. The van der Waals surface area contributed by atoms with Crippen molar-refractivity contribution in [1.29, 1.82) is 0 Å². The molecule has 0 bridgehead atoms. The minimum atomic E-state index is -4.16. The highest BCUT2D eigenvalue weighted by Gasteiger charge is 2.12. The monoisotopic (exact) mass is 408 g/mol. The maximum atomic E-state index is 11.3. The molecule has 0 heterocycles. The van der Waals surface area contributed by atoms with E-state index in [4.69, 9.17) is 0 Å². The van der Waals surface area contributed by atoms with Crippen LogP contribution in [0.3, 0.4) is 0 Å². The largest absolute Gasteiger partial charge is 0.295 e. The third-order valence-electron chi connectivity index (χ3n) is 5.15. The molecule has 4 heteroatoms. The van der Waals surface area contributed by atoms with E-state index in [9.17, 15) is 13.0 Å². The number of rotatable bonds is 16. The van der Waals surface area contributed by atoms with Gasteiger partial charge in [-0.3, -0.25) is 4.55 Å². The molecular weight excluding hydrogens is 368 g/mol.